The van der Waals surface area contributed by atoms with Crippen LogP contribution in [0.3, 0.4) is 0 Å². The highest BCUT2D eigenvalue weighted by molar-refractivity contribution is 7.89. The van der Waals surface area contributed by atoms with Crippen LogP contribution in [0.5, 0.6) is 0 Å². The van der Waals surface area contributed by atoms with Gasteiger partial charge in [0.05, 0.1) is 10.5 Å². The molecule has 2 fully saturated rings. The molecule has 3 atom stereocenters. The topological polar surface area (TPSA) is 63.4 Å². The molecule has 0 amide bonds. The SMILES string of the molecule is NC1CCC2CN(S(=O)(=O)c3ccccc3C(F)(F)F)CC12. The summed E-state index contributed by atoms with van der Waals surface area (Å²) in [5.41, 5.74) is 4.85. The van der Waals surface area contributed by atoms with Gasteiger partial charge in [-0.2, -0.15) is 17.5 Å². The van der Waals surface area contributed by atoms with Crippen molar-refractivity contribution in [1.29, 1.82) is 0 Å². The van der Waals surface area contributed by atoms with Gasteiger partial charge in [-0.15, -0.1) is 0 Å². The number of hydrogen-bond acceptors (Lipinski definition) is 3. The third-order valence-corrected chi connectivity index (χ3v) is 6.58. The van der Waals surface area contributed by atoms with Crippen LogP contribution in [0.25, 0.3) is 0 Å². The second-order valence-electron chi connectivity index (χ2n) is 5.98. The molecule has 0 spiro atoms. The lowest BCUT2D eigenvalue weighted by Crippen LogP contribution is -2.34. The van der Waals surface area contributed by atoms with Gasteiger partial charge in [-0.25, -0.2) is 8.42 Å². The molecule has 2 aliphatic rings. The fourth-order valence-corrected chi connectivity index (χ4v) is 5.27. The molecule has 22 heavy (non-hydrogen) atoms. The smallest absolute Gasteiger partial charge is 0.327 e. The largest absolute Gasteiger partial charge is 0.417 e. The number of sulfonamides is 1. The quantitative estimate of drug-likeness (QED) is 0.900. The second kappa shape index (κ2) is 5.21. The van der Waals surface area contributed by atoms with E-state index < -0.39 is 26.7 Å². The number of nitrogens with two attached hydrogens (primary N) is 1. The molecule has 1 heterocycles. The molecule has 3 unspecified atom stereocenters. The van der Waals surface area contributed by atoms with E-state index in [1.54, 1.807) is 0 Å². The van der Waals surface area contributed by atoms with Crippen LogP contribution in [0.1, 0.15) is 18.4 Å². The van der Waals surface area contributed by atoms with Gasteiger partial charge in [0.25, 0.3) is 0 Å². The van der Waals surface area contributed by atoms with Crippen LogP contribution in [-0.4, -0.2) is 31.9 Å². The van der Waals surface area contributed by atoms with Gasteiger partial charge in [0, 0.05) is 19.1 Å². The van der Waals surface area contributed by atoms with Gasteiger partial charge < -0.3 is 5.73 Å². The van der Waals surface area contributed by atoms with E-state index in [-0.39, 0.29) is 31.0 Å². The van der Waals surface area contributed by atoms with E-state index >= 15 is 0 Å². The van der Waals surface area contributed by atoms with E-state index in [4.69, 9.17) is 5.73 Å². The molecule has 8 heteroatoms. The maximum absolute atomic E-state index is 13.1. The molecule has 0 radical (unpaired) electrons. The molecule has 1 aromatic rings. The van der Waals surface area contributed by atoms with Crippen LogP contribution in [0.4, 0.5) is 13.2 Å². The summed E-state index contributed by atoms with van der Waals surface area (Å²) in [6, 6.07) is 4.26. The Kier molecular flexibility index (Phi) is 3.73. The van der Waals surface area contributed by atoms with E-state index in [1.807, 2.05) is 0 Å². The number of fused-ring (bicyclic) bond motifs is 1. The summed E-state index contributed by atoms with van der Waals surface area (Å²) in [5, 5.41) is 0. The van der Waals surface area contributed by atoms with Crippen LogP contribution in [-0.2, 0) is 16.2 Å². The van der Waals surface area contributed by atoms with Gasteiger partial charge in [0.1, 0.15) is 0 Å². The molecule has 1 aliphatic carbocycles. The number of rotatable bonds is 2. The van der Waals surface area contributed by atoms with Crippen LogP contribution in [0.15, 0.2) is 29.2 Å². The zero-order valence-corrected chi connectivity index (χ0v) is 12.6. The van der Waals surface area contributed by atoms with Gasteiger partial charge in [0.2, 0.25) is 10.0 Å². The summed E-state index contributed by atoms with van der Waals surface area (Å²) in [5.74, 6) is 0.204. The monoisotopic (exact) mass is 334 g/mol. The summed E-state index contributed by atoms with van der Waals surface area (Å²) in [6.45, 7) is 0.466. The highest BCUT2D eigenvalue weighted by atomic mass is 32.2. The Morgan fingerprint density at radius 2 is 1.82 bits per heavy atom. The van der Waals surface area contributed by atoms with Crippen LogP contribution < -0.4 is 5.73 Å². The Bertz CT molecular complexity index is 675. The Labute approximate surface area is 127 Å². The average molecular weight is 334 g/mol. The molecular formula is C14H17F3N2O2S. The van der Waals surface area contributed by atoms with Gasteiger partial charge in [-0.1, -0.05) is 12.1 Å². The van der Waals surface area contributed by atoms with Crippen molar-refractivity contribution < 1.29 is 21.6 Å². The molecule has 1 aromatic carbocycles. The molecule has 0 aromatic heterocycles. The summed E-state index contributed by atoms with van der Waals surface area (Å²) < 4.78 is 65.6. The summed E-state index contributed by atoms with van der Waals surface area (Å²) in [4.78, 5) is -0.670. The van der Waals surface area contributed by atoms with Gasteiger partial charge >= 0.3 is 6.18 Å². The molecule has 2 N–H and O–H groups in total. The number of benzene rings is 1. The van der Waals surface area contributed by atoms with Gasteiger partial charge in [-0.3, -0.25) is 0 Å². The van der Waals surface area contributed by atoms with Crippen molar-refractivity contribution >= 4 is 10.0 Å². The predicted molar refractivity (Wildman–Crippen MR) is 74.4 cm³/mol. The van der Waals surface area contributed by atoms with Crippen LogP contribution in [0, 0.1) is 11.8 Å². The van der Waals surface area contributed by atoms with Crippen molar-refractivity contribution in [3.05, 3.63) is 29.8 Å². The van der Waals surface area contributed by atoms with E-state index in [2.05, 4.69) is 0 Å². The molecular weight excluding hydrogens is 317 g/mol. The lowest BCUT2D eigenvalue weighted by atomic mass is 9.98. The highest BCUT2D eigenvalue weighted by Gasteiger charge is 2.47. The fraction of sp³-hybridized carbons (Fsp3) is 0.571. The maximum Gasteiger partial charge on any atom is 0.417 e. The first-order chi connectivity index (χ1) is 10.2. The molecule has 4 nitrogen and oxygen atoms in total. The lowest BCUT2D eigenvalue weighted by molar-refractivity contribution is -0.139. The number of nitrogens with zero attached hydrogens (tertiary/aromatic N) is 1. The van der Waals surface area contributed by atoms with E-state index in [0.29, 0.717) is 0 Å². The Hall–Kier alpha value is -1.12. The first-order valence-corrected chi connectivity index (χ1v) is 8.57. The molecule has 0 bridgehead atoms. The predicted octanol–water partition coefficient (Wildman–Crippen LogP) is 2.06. The second-order valence-corrected chi connectivity index (χ2v) is 7.89. The van der Waals surface area contributed by atoms with E-state index in [1.165, 1.54) is 12.1 Å². The molecule has 122 valence electrons. The number of halogens is 3. The molecule has 3 rings (SSSR count). The standard InChI is InChI=1S/C14H17F3N2O2S/c15-14(16,17)11-3-1-2-4-13(11)22(20,21)19-7-9-5-6-12(18)10(9)8-19/h1-4,9-10,12H,5-8,18H2. The first-order valence-electron chi connectivity index (χ1n) is 7.13. The van der Waals surface area contributed by atoms with Gasteiger partial charge in [0.15, 0.2) is 0 Å². The summed E-state index contributed by atoms with van der Waals surface area (Å²) in [6.07, 6.45) is -3.02. The van der Waals surface area contributed by atoms with Crippen molar-refractivity contribution in [2.24, 2.45) is 17.6 Å². The van der Waals surface area contributed by atoms with Crippen molar-refractivity contribution in [2.45, 2.75) is 30.0 Å². The normalized spacial score (nSPS) is 29.7. The van der Waals surface area contributed by atoms with Crippen LogP contribution >= 0.6 is 0 Å². The molecule has 1 saturated heterocycles. The Morgan fingerprint density at radius 3 is 2.45 bits per heavy atom. The zero-order chi connectivity index (χ0) is 16.1. The van der Waals surface area contributed by atoms with Crippen molar-refractivity contribution in [1.82, 2.24) is 4.31 Å². The third kappa shape index (κ3) is 2.53. The minimum Gasteiger partial charge on any atom is -0.327 e. The highest BCUT2D eigenvalue weighted by Crippen LogP contribution is 2.41. The number of hydrogen-bond donors (Lipinski definition) is 1. The summed E-state index contributed by atoms with van der Waals surface area (Å²) in [7, 11) is -4.16. The molecule has 1 aliphatic heterocycles. The maximum atomic E-state index is 13.1. The van der Waals surface area contributed by atoms with E-state index in [9.17, 15) is 21.6 Å². The van der Waals surface area contributed by atoms with Gasteiger partial charge in [-0.05, 0) is 36.8 Å². The minimum atomic E-state index is -4.70. The first kappa shape index (κ1) is 15.8. The third-order valence-electron chi connectivity index (χ3n) is 4.69. The Morgan fingerprint density at radius 1 is 1.14 bits per heavy atom. The van der Waals surface area contributed by atoms with Crippen LogP contribution in [0.2, 0.25) is 0 Å². The number of alkyl halides is 3. The van der Waals surface area contributed by atoms with Crippen molar-refractivity contribution in [3.63, 3.8) is 0 Å². The molecule has 1 saturated carbocycles. The average Bonchev–Trinajstić information content (AvgIpc) is 3.01. The van der Waals surface area contributed by atoms with Crippen molar-refractivity contribution in [3.8, 4) is 0 Å². The van der Waals surface area contributed by atoms with E-state index in [0.717, 1.165) is 29.3 Å². The zero-order valence-electron chi connectivity index (χ0n) is 11.8. The van der Waals surface area contributed by atoms with Crippen molar-refractivity contribution in [2.75, 3.05) is 13.1 Å². The Balaban J connectivity index is 1.95. The fourth-order valence-electron chi connectivity index (χ4n) is 3.53. The summed E-state index contributed by atoms with van der Waals surface area (Å²) >= 11 is 0. The minimum absolute atomic E-state index is 0.0489. The lowest BCUT2D eigenvalue weighted by Gasteiger charge is -2.21.